The molecule has 0 aromatic heterocycles. The Kier molecular flexibility index (Phi) is 4.38. The van der Waals surface area contributed by atoms with Crippen molar-refractivity contribution in [1.82, 2.24) is 4.90 Å². The summed E-state index contributed by atoms with van der Waals surface area (Å²) in [5.74, 6) is 0. The van der Waals surface area contributed by atoms with Gasteiger partial charge in [0.15, 0.2) is 0 Å². The third kappa shape index (κ3) is 3.44. The van der Waals surface area contributed by atoms with Gasteiger partial charge in [-0.3, -0.25) is 4.90 Å². The number of benzene rings is 1. The first-order valence-corrected chi connectivity index (χ1v) is 6.73. The van der Waals surface area contributed by atoms with Gasteiger partial charge in [-0.1, -0.05) is 55.3 Å². The summed E-state index contributed by atoms with van der Waals surface area (Å²) >= 11 is 0. The van der Waals surface area contributed by atoms with Crippen molar-refractivity contribution in [3.63, 3.8) is 0 Å². The minimum atomic E-state index is 0.705. The molecule has 1 aromatic carbocycles. The van der Waals surface area contributed by atoms with Crippen molar-refractivity contribution in [3.05, 3.63) is 47.5 Å². The monoisotopic (exact) mass is 229 g/mol. The first kappa shape index (κ1) is 12.4. The molecule has 0 aliphatic carbocycles. The number of rotatable bonds is 5. The maximum Gasteiger partial charge on any atom is 0.0196 e. The molecule has 17 heavy (non-hydrogen) atoms. The maximum atomic E-state index is 2.62. The van der Waals surface area contributed by atoms with Gasteiger partial charge in [-0.15, -0.1) is 0 Å². The van der Waals surface area contributed by atoms with Crippen LogP contribution < -0.4 is 0 Å². The summed E-state index contributed by atoms with van der Waals surface area (Å²) in [6, 6.07) is 11.6. The Hall–Kier alpha value is -1.08. The fourth-order valence-corrected chi connectivity index (χ4v) is 2.63. The zero-order valence-corrected chi connectivity index (χ0v) is 11.0. The molecule has 1 unspecified atom stereocenters. The van der Waals surface area contributed by atoms with Gasteiger partial charge in [0.05, 0.1) is 0 Å². The molecule has 1 aromatic rings. The lowest BCUT2D eigenvalue weighted by molar-refractivity contribution is 0.234. The van der Waals surface area contributed by atoms with Gasteiger partial charge in [-0.2, -0.15) is 0 Å². The second-order valence-electron chi connectivity index (χ2n) is 5.11. The van der Waals surface area contributed by atoms with Crippen LogP contribution in [0.25, 0.3) is 0 Å². The Morgan fingerprint density at radius 1 is 1.24 bits per heavy atom. The van der Waals surface area contributed by atoms with Crippen molar-refractivity contribution in [2.75, 3.05) is 13.1 Å². The van der Waals surface area contributed by atoms with Crippen LogP contribution in [0.4, 0.5) is 0 Å². The van der Waals surface area contributed by atoms with Crippen molar-refractivity contribution < 1.29 is 0 Å². The van der Waals surface area contributed by atoms with E-state index in [1.807, 2.05) is 0 Å². The molecule has 1 aliphatic rings. The molecule has 1 nitrogen and oxygen atoms in total. The fourth-order valence-electron chi connectivity index (χ4n) is 2.63. The summed E-state index contributed by atoms with van der Waals surface area (Å²) in [5, 5.41) is 0. The topological polar surface area (TPSA) is 3.24 Å². The Labute approximate surface area is 105 Å². The largest absolute Gasteiger partial charge is 0.292 e. The van der Waals surface area contributed by atoms with Crippen molar-refractivity contribution >= 4 is 0 Å². The van der Waals surface area contributed by atoms with E-state index in [2.05, 4.69) is 55.2 Å². The third-order valence-electron chi connectivity index (χ3n) is 3.58. The lowest BCUT2D eigenvalue weighted by Crippen LogP contribution is -2.35. The van der Waals surface area contributed by atoms with Crippen LogP contribution in [0.1, 0.15) is 32.3 Å². The van der Waals surface area contributed by atoms with E-state index in [9.17, 15) is 0 Å². The average Bonchev–Trinajstić information content (AvgIpc) is 2.77. The zero-order valence-electron chi connectivity index (χ0n) is 11.0. The normalized spacial score (nSPS) is 18.1. The smallest absolute Gasteiger partial charge is 0.0196 e. The molecule has 0 saturated carbocycles. The van der Waals surface area contributed by atoms with E-state index < -0.39 is 0 Å². The fraction of sp³-hybridized carbons (Fsp3) is 0.500. The third-order valence-corrected chi connectivity index (χ3v) is 3.58. The van der Waals surface area contributed by atoms with Crippen LogP contribution in [0, 0.1) is 0 Å². The van der Waals surface area contributed by atoms with Crippen LogP contribution in [0.15, 0.2) is 42.0 Å². The van der Waals surface area contributed by atoms with Crippen molar-refractivity contribution in [1.29, 1.82) is 0 Å². The van der Waals surface area contributed by atoms with Gasteiger partial charge in [0.1, 0.15) is 0 Å². The van der Waals surface area contributed by atoms with E-state index in [0.717, 1.165) is 13.1 Å². The first-order chi connectivity index (χ1) is 8.29. The minimum Gasteiger partial charge on any atom is -0.292 e. The van der Waals surface area contributed by atoms with Gasteiger partial charge in [-0.25, -0.2) is 0 Å². The Bertz CT molecular complexity index is 366. The number of hydrogen-bond acceptors (Lipinski definition) is 1. The summed E-state index contributed by atoms with van der Waals surface area (Å²) in [6.07, 6.45) is 6.13. The van der Waals surface area contributed by atoms with E-state index in [-0.39, 0.29) is 0 Å². The van der Waals surface area contributed by atoms with Gasteiger partial charge < -0.3 is 0 Å². The molecular formula is C16H23N. The molecule has 0 N–H and O–H groups in total. The van der Waals surface area contributed by atoms with Crippen LogP contribution in [0.5, 0.6) is 0 Å². The lowest BCUT2D eigenvalue weighted by Gasteiger charge is -2.27. The molecule has 1 heterocycles. The van der Waals surface area contributed by atoms with Crippen LogP contribution in [0.3, 0.4) is 0 Å². The molecule has 0 amide bonds. The first-order valence-electron chi connectivity index (χ1n) is 6.73. The number of nitrogens with zero attached hydrogens (tertiary/aromatic N) is 1. The molecule has 0 spiro atoms. The minimum absolute atomic E-state index is 0.705. The number of hydrogen-bond donors (Lipinski definition) is 0. The quantitative estimate of drug-likeness (QED) is 0.696. The van der Waals surface area contributed by atoms with Gasteiger partial charge >= 0.3 is 0 Å². The van der Waals surface area contributed by atoms with Crippen LogP contribution in [-0.4, -0.2) is 24.0 Å². The second kappa shape index (κ2) is 6.02. The van der Waals surface area contributed by atoms with Crippen LogP contribution in [-0.2, 0) is 6.42 Å². The molecule has 0 saturated heterocycles. The van der Waals surface area contributed by atoms with Crippen LogP contribution in [0.2, 0.25) is 0 Å². The molecule has 1 aliphatic heterocycles. The summed E-state index contributed by atoms with van der Waals surface area (Å²) in [5.41, 5.74) is 3.00. The molecule has 1 atom stereocenters. The zero-order chi connectivity index (χ0) is 12.1. The van der Waals surface area contributed by atoms with E-state index in [4.69, 9.17) is 0 Å². The molecule has 2 rings (SSSR count). The van der Waals surface area contributed by atoms with Crippen molar-refractivity contribution in [3.8, 4) is 0 Å². The van der Waals surface area contributed by atoms with Gasteiger partial charge in [0.2, 0.25) is 0 Å². The van der Waals surface area contributed by atoms with Crippen LogP contribution >= 0.6 is 0 Å². The van der Waals surface area contributed by atoms with E-state index in [1.165, 1.54) is 30.4 Å². The SMILES string of the molecule is CCCC(Cc1ccccc1)N1CC=C(C)C1. The highest BCUT2D eigenvalue weighted by atomic mass is 15.2. The second-order valence-corrected chi connectivity index (χ2v) is 5.11. The summed E-state index contributed by atoms with van der Waals surface area (Å²) in [7, 11) is 0. The average molecular weight is 229 g/mol. The molecule has 92 valence electrons. The Morgan fingerprint density at radius 2 is 2.00 bits per heavy atom. The van der Waals surface area contributed by atoms with E-state index in [1.54, 1.807) is 0 Å². The predicted octanol–water partition coefficient (Wildman–Crippen LogP) is 3.66. The van der Waals surface area contributed by atoms with Gasteiger partial charge in [-0.05, 0) is 25.3 Å². The Morgan fingerprint density at radius 3 is 2.59 bits per heavy atom. The standard InChI is InChI=1S/C16H23N/c1-3-7-16(17-11-10-14(2)13-17)12-15-8-5-4-6-9-15/h4-6,8-10,16H,3,7,11-13H2,1-2H3. The molecule has 0 bridgehead atoms. The molecule has 0 fully saturated rings. The molecule has 0 radical (unpaired) electrons. The van der Waals surface area contributed by atoms with E-state index >= 15 is 0 Å². The van der Waals surface area contributed by atoms with Gasteiger partial charge in [0.25, 0.3) is 0 Å². The Balaban J connectivity index is 1.98. The van der Waals surface area contributed by atoms with Crippen molar-refractivity contribution in [2.24, 2.45) is 0 Å². The lowest BCUT2D eigenvalue weighted by atomic mass is 10.0. The maximum absolute atomic E-state index is 2.62. The van der Waals surface area contributed by atoms with E-state index in [0.29, 0.717) is 6.04 Å². The highest BCUT2D eigenvalue weighted by Gasteiger charge is 2.20. The highest BCUT2D eigenvalue weighted by molar-refractivity contribution is 5.17. The van der Waals surface area contributed by atoms with Gasteiger partial charge in [0, 0.05) is 19.1 Å². The van der Waals surface area contributed by atoms with Crippen molar-refractivity contribution in [2.45, 2.75) is 39.2 Å². The summed E-state index contributed by atoms with van der Waals surface area (Å²) in [4.78, 5) is 2.62. The summed E-state index contributed by atoms with van der Waals surface area (Å²) in [6.45, 7) is 6.83. The molecule has 1 heteroatoms. The predicted molar refractivity (Wildman–Crippen MR) is 74.2 cm³/mol. The molecular weight excluding hydrogens is 206 g/mol. The summed E-state index contributed by atoms with van der Waals surface area (Å²) < 4.78 is 0. The highest BCUT2D eigenvalue weighted by Crippen LogP contribution is 2.19.